The van der Waals surface area contributed by atoms with Crippen LogP contribution < -0.4 is 20.1 Å². The number of carbonyl (C=O) groups excluding carboxylic acids is 5. The molecular formula is C31H41N3O18S. The van der Waals surface area contributed by atoms with Gasteiger partial charge in [0.05, 0.1) is 13.2 Å². The first-order valence-corrected chi connectivity index (χ1v) is 17.6. The predicted molar refractivity (Wildman–Crippen MR) is 174 cm³/mol. The van der Waals surface area contributed by atoms with Crippen molar-refractivity contribution in [1.82, 2.24) is 15.5 Å². The smallest absolute Gasteiger partial charge is 0.335 e. The Bertz CT molecular complexity index is 1630. The fourth-order valence-electron chi connectivity index (χ4n) is 4.74. The number of rotatable bonds is 20. The highest BCUT2D eigenvalue weighted by Gasteiger charge is 2.48. The molecule has 0 aliphatic carbocycles. The molecule has 22 heteroatoms. The van der Waals surface area contributed by atoms with E-state index in [1.807, 2.05) is 13.8 Å². The zero-order chi connectivity index (χ0) is 39.5. The highest BCUT2D eigenvalue weighted by Crippen LogP contribution is 2.30. The molecule has 7 N–H and O–H groups in total. The van der Waals surface area contributed by atoms with Crippen LogP contribution >= 0.6 is 0 Å². The number of carboxylic acid groups (broad SMARTS) is 1. The Labute approximate surface area is 302 Å². The van der Waals surface area contributed by atoms with Crippen LogP contribution in [-0.2, 0) is 59.7 Å². The van der Waals surface area contributed by atoms with Gasteiger partial charge in [-0.05, 0) is 18.1 Å². The van der Waals surface area contributed by atoms with Crippen LogP contribution in [0.4, 0.5) is 0 Å². The molecule has 1 saturated heterocycles. The van der Waals surface area contributed by atoms with Gasteiger partial charge in [-0.2, -0.15) is 8.42 Å². The summed E-state index contributed by atoms with van der Waals surface area (Å²) >= 11 is 0. The molecule has 4 amide bonds. The molecule has 0 radical (unpaired) electrons. The molecule has 1 aromatic rings. The third kappa shape index (κ3) is 13.3. The minimum atomic E-state index is -4.76. The van der Waals surface area contributed by atoms with Crippen LogP contribution in [0.1, 0.15) is 25.8 Å². The Balaban J connectivity index is 1.56. The molecule has 0 aromatic heterocycles. The number of amides is 4. The Hall–Kier alpha value is -4.71. The van der Waals surface area contributed by atoms with Crippen molar-refractivity contribution >= 4 is 45.7 Å². The van der Waals surface area contributed by atoms with E-state index < -0.39 is 94.7 Å². The van der Waals surface area contributed by atoms with Gasteiger partial charge in [0.1, 0.15) is 61.4 Å². The fraction of sp³-hybridized carbons (Fsp3) is 0.548. The molecule has 294 valence electrons. The third-order valence-electron chi connectivity index (χ3n) is 7.33. The first-order valence-electron chi connectivity index (χ1n) is 16.0. The van der Waals surface area contributed by atoms with Gasteiger partial charge in [0.2, 0.25) is 18.1 Å². The van der Waals surface area contributed by atoms with Crippen LogP contribution in [0.25, 0.3) is 0 Å². The van der Waals surface area contributed by atoms with Crippen molar-refractivity contribution in [1.29, 1.82) is 0 Å². The maximum atomic E-state index is 12.6. The zero-order valence-electron chi connectivity index (χ0n) is 28.5. The number of esters is 1. The van der Waals surface area contributed by atoms with Crippen molar-refractivity contribution in [2.75, 3.05) is 38.7 Å². The Morgan fingerprint density at radius 1 is 0.981 bits per heavy atom. The number of benzene rings is 1. The summed E-state index contributed by atoms with van der Waals surface area (Å²) in [6, 6.07) is 2.36. The number of hydrogen-bond acceptors (Lipinski definition) is 16. The number of aliphatic carboxylic acids is 1. The summed E-state index contributed by atoms with van der Waals surface area (Å²) in [4.78, 5) is 72.4. The summed E-state index contributed by atoms with van der Waals surface area (Å²) in [5, 5.41) is 44.0. The topological polar surface area (TPSA) is 311 Å². The zero-order valence-corrected chi connectivity index (χ0v) is 29.3. The standard InChI is InChI=1S/C31H41N3O18S/c1-16(2)11-24(38)50-14-17-3-4-18(51-31-27(41)25(39)26(40)28(52-31)30(43)44)12-20(17)49-10-9-48-8-7-32-29(42)19(15-53(45,46)47)33-21(35)13-34-22(36)5-6-23(34)37/h3-6,12,16,19,25-28,31,39-41H,7-11,13-15H2,1-2H3,(H,32,42)(H,33,35)(H,43,44)(H,45,46,47)/t19-,25-,26-,27+,28-,31+/m0/s1. The molecule has 0 unspecified atom stereocenters. The van der Waals surface area contributed by atoms with Gasteiger partial charge >= 0.3 is 11.9 Å². The van der Waals surface area contributed by atoms with Crippen molar-refractivity contribution in [3.8, 4) is 11.5 Å². The second-order valence-electron chi connectivity index (χ2n) is 12.1. The molecule has 0 saturated carbocycles. The van der Waals surface area contributed by atoms with Gasteiger partial charge in [-0.25, -0.2) is 4.79 Å². The summed E-state index contributed by atoms with van der Waals surface area (Å²) in [5.41, 5.74) is 0.368. The minimum Gasteiger partial charge on any atom is -0.491 e. The predicted octanol–water partition coefficient (Wildman–Crippen LogP) is -3.14. The Morgan fingerprint density at radius 2 is 1.66 bits per heavy atom. The van der Waals surface area contributed by atoms with Crippen molar-refractivity contribution in [3.05, 3.63) is 35.9 Å². The third-order valence-corrected chi connectivity index (χ3v) is 8.08. The lowest BCUT2D eigenvalue weighted by molar-refractivity contribution is -0.271. The highest BCUT2D eigenvalue weighted by atomic mass is 32.2. The van der Waals surface area contributed by atoms with E-state index in [1.54, 1.807) is 0 Å². The fourth-order valence-corrected chi connectivity index (χ4v) is 5.40. The number of ether oxygens (including phenoxy) is 5. The molecule has 3 rings (SSSR count). The van der Waals surface area contributed by atoms with Gasteiger partial charge in [-0.15, -0.1) is 0 Å². The van der Waals surface area contributed by atoms with Crippen LogP contribution in [0.3, 0.4) is 0 Å². The number of nitrogens with one attached hydrogen (secondary N) is 2. The number of carbonyl (C=O) groups is 6. The van der Waals surface area contributed by atoms with E-state index in [0.717, 1.165) is 12.2 Å². The van der Waals surface area contributed by atoms with E-state index in [2.05, 4.69) is 10.6 Å². The van der Waals surface area contributed by atoms with Crippen LogP contribution in [0, 0.1) is 5.92 Å². The Morgan fingerprint density at radius 3 is 2.28 bits per heavy atom. The molecule has 0 bridgehead atoms. The van der Waals surface area contributed by atoms with Gasteiger partial charge < -0.3 is 54.7 Å². The highest BCUT2D eigenvalue weighted by molar-refractivity contribution is 7.85. The molecule has 2 heterocycles. The first kappa shape index (κ1) is 42.7. The normalized spacial score (nSPS) is 22.0. The number of hydrogen-bond donors (Lipinski definition) is 7. The maximum Gasteiger partial charge on any atom is 0.335 e. The van der Waals surface area contributed by atoms with Crippen molar-refractivity contribution in [3.63, 3.8) is 0 Å². The summed E-state index contributed by atoms with van der Waals surface area (Å²) in [6.07, 6.45) is -7.28. The van der Waals surface area contributed by atoms with E-state index in [9.17, 15) is 62.2 Å². The first-order chi connectivity index (χ1) is 24.9. The molecule has 53 heavy (non-hydrogen) atoms. The van der Waals surface area contributed by atoms with Crippen molar-refractivity contribution in [2.45, 2.75) is 63.6 Å². The van der Waals surface area contributed by atoms with E-state index in [4.69, 9.17) is 23.7 Å². The van der Waals surface area contributed by atoms with Gasteiger partial charge in [-0.1, -0.05) is 13.8 Å². The van der Waals surface area contributed by atoms with Crippen LogP contribution in [0.2, 0.25) is 0 Å². The molecule has 1 aromatic carbocycles. The molecular weight excluding hydrogens is 734 g/mol. The van der Waals surface area contributed by atoms with Crippen LogP contribution in [0.15, 0.2) is 30.4 Å². The summed E-state index contributed by atoms with van der Waals surface area (Å²) in [5.74, 6) is -6.80. The van der Waals surface area contributed by atoms with E-state index in [0.29, 0.717) is 10.5 Å². The lowest BCUT2D eigenvalue weighted by Crippen LogP contribution is -2.61. The molecule has 2 aliphatic heterocycles. The van der Waals surface area contributed by atoms with Crippen molar-refractivity contribution < 1.29 is 85.8 Å². The SMILES string of the molecule is CC(C)CC(=O)OCc1ccc(O[C@@H]2O[C@H](C(=O)O)[C@@H](O)[C@H](O)[C@H]2O)cc1OCCOCCNC(=O)[C@H](CS(=O)(=O)O)NC(=O)CN1C(=O)C=CC1=O. The number of nitrogens with zero attached hydrogens (tertiary/aromatic N) is 1. The summed E-state index contributed by atoms with van der Waals surface area (Å²) < 4.78 is 59.3. The van der Waals surface area contributed by atoms with Gasteiger partial charge in [0, 0.05) is 36.7 Å². The average molecular weight is 776 g/mol. The molecule has 6 atom stereocenters. The average Bonchev–Trinajstić information content (AvgIpc) is 3.38. The second kappa shape index (κ2) is 19.4. The monoisotopic (exact) mass is 775 g/mol. The molecule has 21 nitrogen and oxygen atoms in total. The van der Waals surface area contributed by atoms with E-state index >= 15 is 0 Å². The largest absolute Gasteiger partial charge is 0.491 e. The molecule has 0 spiro atoms. The van der Waals surface area contributed by atoms with Gasteiger partial charge in [-0.3, -0.25) is 33.4 Å². The number of aliphatic hydroxyl groups excluding tert-OH is 3. The molecule has 2 aliphatic rings. The number of imide groups is 1. The van der Waals surface area contributed by atoms with Gasteiger partial charge in [0.25, 0.3) is 21.9 Å². The summed E-state index contributed by atoms with van der Waals surface area (Å²) in [7, 11) is -4.76. The number of carboxylic acids is 1. The van der Waals surface area contributed by atoms with E-state index in [-0.39, 0.29) is 56.8 Å². The van der Waals surface area contributed by atoms with E-state index in [1.165, 1.54) is 18.2 Å². The quantitative estimate of drug-likeness (QED) is 0.0298. The lowest BCUT2D eigenvalue weighted by Gasteiger charge is -2.38. The maximum absolute atomic E-state index is 12.6. The minimum absolute atomic E-state index is 0.0282. The second-order valence-corrected chi connectivity index (χ2v) is 13.6. The Kier molecular flexibility index (Phi) is 15.6. The van der Waals surface area contributed by atoms with Gasteiger partial charge in [0.15, 0.2) is 6.10 Å². The summed E-state index contributed by atoms with van der Waals surface area (Å²) in [6.45, 7) is 2.06. The van der Waals surface area contributed by atoms with Crippen molar-refractivity contribution in [2.24, 2.45) is 5.92 Å². The van der Waals surface area contributed by atoms with Crippen LogP contribution in [0.5, 0.6) is 11.5 Å². The number of aliphatic hydroxyl groups is 3. The molecule has 1 fully saturated rings. The lowest BCUT2D eigenvalue weighted by atomic mass is 9.99. The van der Waals surface area contributed by atoms with Crippen LogP contribution in [-0.4, -0.2) is 149 Å².